The summed E-state index contributed by atoms with van der Waals surface area (Å²) in [5.74, 6) is -0.617. The van der Waals surface area contributed by atoms with E-state index < -0.39 is 55.5 Å². The smallest absolute Gasteiger partial charge is 0.388 e. The van der Waals surface area contributed by atoms with Crippen LogP contribution in [0, 0.1) is 6.57 Å². The largest absolute Gasteiger partial charge is 0.389 e. The van der Waals surface area contributed by atoms with Gasteiger partial charge in [0, 0.05) is 77.5 Å². The van der Waals surface area contributed by atoms with Gasteiger partial charge in [-0.05, 0) is 15.9 Å². The van der Waals surface area contributed by atoms with E-state index in [4.69, 9.17) is 16.2 Å². The molecule has 2 saturated heterocycles. The van der Waals surface area contributed by atoms with E-state index in [9.17, 15) is 35.9 Å². The zero-order chi connectivity index (χ0) is 28.9. The fourth-order valence-corrected chi connectivity index (χ4v) is 5.30. The summed E-state index contributed by atoms with van der Waals surface area (Å²) in [6, 6.07) is 0. The minimum atomic E-state index is -4.31. The normalized spacial score (nSPS) is 20.7. The van der Waals surface area contributed by atoms with Gasteiger partial charge in [0.05, 0.1) is 18.0 Å². The van der Waals surface area contributed by atoms with Crippen molar-refractivity contribution in [3.8, 4) is 0 Å². The number of halogens is 7. The molecule has 4 aliphatic heterocycles. The highest BCUT2D eigenvalue weighted by atomic mass is 79.9. The number of likely N-dealkylation sites (tertiary alicyclic amines) is 2. The fourth-order valence-electron chi connectivity index (χ4n) is 4.72. The van der Waals surface area contributed by atoms with Crippen LogP contribution in [-0.2, 0) is 19.3 Å². The van der Waals surface area contributed by atoms with Crippen LogP contribution in [0.15, 0.2) is 10.3 Å². The van der Waals surface area contributed by atoms with Crippen molar-refractivity contribution < 1.29 is 45.6 Å². The first-order valence-corrected chi connectivity index (χ1v) is 13.1. The maximum absolute atomic E-state index is 12.1. The molecule has 2 fully saturated rings. The van der Waals surface area contributed by atoms with Crippen LogP contribution < -0.4 is 0 Å². The molecule has 16 heteroatoms. The maximum atomic E-state index is 12.1. The highest BCUT2D eigenvalue weighted by Crippen LogP contribution is 2.37. The van der Waals surface area contributed by atoms with Gasteiger partial charge in [-0.1, -0.05) is 26.6 Å². The van der Waals surface area contributed by atoms with Crippen LogP contribution in [0.3, 0.4) is 0 Å². The quantitative estimate of drug-likeness (QED) is 0.256. The first-order valence-electron chi connectivity index (χ1n) is 12.4. The molecule has 4 aliphatic rings. The summed E-state index contributed by atoms with van der Waals surface area (Å²) in [5.41, 5.74) is -0.916. The number of piperidine rings is 2. The third-order valence-electron chi connectivity index (χ3n) is 7.06. The van der Waals surface area contributed by atoms with E-state index >= 15 is 0 Å². The molecule has 0 bridgehead atoms. The van der Waals surface area contributed by atoms with Crippen LogP contribution in [0.25, 0.3) is 4.85 Å². The molecule has 9 nitrogen and oxygen atoms in total. The molecular formula is C25H36BrF6N5O4. The van der Waals surface area contributed by atoms with Gasteiger partial charge in [-0.3, -0.25) is 9.59 Å². The van der Waals surface area contributed by atoms with Gasteiger partial charge in [0.15, 0.2) is 5.60 Å². The topological polar surface area (TPSA) is 88.2 Å². The molecule has 0 unspecified atom stereocenters. The molecule has 0 aromatic rings. The van der Waals surface area contributed by atoms with Gasteiger partial charge in [0.25, 0.3) is 5.84 Å². The number of carbonyl (C=O) groups is 2. The van der Waals surface area contributed by atoms with Crippen LogP contribution in [-0.4, -0.2) is 81.8 Å². The maximum Gasteiger partial charge on any atom is 0.389 e. The Balaban J connectivity index is 0.000000391. The van der Waals surface area contributed by atoms with E-state index in [0.29, 0.717) is 70.5 Å². The lowest BCUT2D eigenvalue weighted by Crippen LogP contribution is -2.46. The molecule has 0 saturated carbocycles. The average Bonchev–Trinajstić information content (AvgIpc) is 3.44. The summed E-state index contributed by atoms with van der Waals surface area (Å²) >= 11 is 3.26. The lowest BCUT2D eigenvalue weighted by Gasteiger charge is -2.37. The van der Waals surface area contributed by atoms with E-state index in [1.807, 2.05) is 0 Å². The lowest BCUT2D eigenvalue weighted by atomic mass is 9.88. The second-order valence-corrected chi connectivity index (χ2v) is 10.9. The number of rotatable bonds is 4. The van der Waals surface area contributed by atoms with Crippen LogP contribution >= 0.6 is 15.9 Å². The Bertz CT molecular complexity index is 1010. The van der Waals surface area contributed by atoms with Crippen LogP contribution in [0.5, 0.6) is 0 Å². The third-order valence-corrected chi connectivity index (χ3v) is 7.48. The van der Waals surface area contributed by atoms with Crippen molar-refractivity contribution >= 4 is 38.2 Å². The molecule has 0 radical (unpaired) electrons. The molecule has 0 aliphatic carbocycles. The summed E-state index contributed by atoms with van der Waals surface area (Å²) in [6.07, 6.45) is -8.45. The molecule has 0 aromatic heterocycles. The van der Waals surface area contributed by atoms with E-state index in [2.05, 4.69) is 31.1 Å². The Morgan fingerprint density at radius 3 is 1.51 bits per heavy atom. The molecule has 4 rings (SSSR count). The number of hydrogen-bond acceptors (Lipinski definition) is 6. The summed E-state index contributed by atoms with van der Waals surface area (Å²) in [6.45, 7) is 8.40. The molecular weight excluding hydrogens is 628 g/mol. The number of amidine groups is 1. The van der Waals surface area contributed by atoms with Crippen LogP contribution in [0.1, 0.15) is 79.1 Å². The Morgan fingerprint density at radius 2 is 1.20 bits per heavy atom. The summed E-state index contributed by atoms with van der Waals surface area (Å²) < 4.78 is 73.1. The Kier molecular flexibility index (Phi) is 12.9. The summed E-state index contributed by atoms with van der Waals surface area (Å²) in [5, 5.41) is 7.51. The minimum Gasteiger partial charge on any atom is -0.388 e. The monoisotopic (exact) mass is 663 g/mol. The van der Waals surface area contributed by atoms with Gasteiger partial charge in [-0.2, -0.15) is 26.3 Å². The molecule has 0 atom stereocenters. The van der Waals surface area contributed by atoms with E-state index in [1.54, 1.807) is 0 Å². The van der Waals surface area contributed by atoms with Gasteiger partial charge in [-0.15, -0.1) is 0 Å². The van der Waals surface area contributed by atoms with Crippen molar-refractivity contribution in [3.63, 3.8) is 0 Å². The van der Waals surface area contributed by atoms with Gasteiger partial charge in [0.1, 0.15) is 10.2 Å². The number of alkyl halides is 6. The number of nitrogens with zero attached hydrogens (tertiary/aromatic N) is 5. The zero-order valence-electron chi connectivity index (χ0n) is 20.9. The standard InChI is InChI=1S/C12H14F3N3O2.C11H14BrF3N2O2.2CH4/c1-16-9-8-11(20-17-9)4-6-18(7-5-11)10(19)2-3-12(13,14)15;12-8-7-10(19-16-8)3-5-17(6-4-10)9(18)1-2-11(13,14)15;;/h2-8H2;1-7H2;2*1H4. The Hall–Kier alpha value is -2.57. The second-order valence-electron chi connectivity index (χ2n) is 9.98. The van der Waals surface area contributed by atoms with Crippen LogP contribution in [0.2, 0.25) is 0 Å². The average molecular weight is 664 g/mol. The lowest BCUT2D eigenvalue weighted by molar-refractivity contribution is -0.152. The molecule has 4 heterocycles. The SMILES string of the molecule is C.C.O=C(CCC(F)(F)F)N1CCC2(CC1)CC(Br)=NO2.[C-]#[N+]C1=NOC2(CCN(C(=O)CCC(F)(F)F)CC2)C1. The van der Waals surface area contributed by atoms with Crippen molar-refractivity contribution in [1.82, 2.24) is 9.80 Å². The van der Waals surface area contributed by atoms with E-state index in [1.165, 1.54) is 9.80 Å². The van der Waals surface area contributed by atoms with Crippen LogP contribution in [0.4, 0.5) is 26.3 Å². The number of amides is 2. The van der Waals surface area contributed by atoms with Crippen molar-refractivity contribution in [2.24, 2.45) is 10.3 Å². The minimum absolute atomic E-state index is 0. The summed E-state index contributed by atoms with van der Waals surface area (Å²) in [4.78, 5) is 40.1. The number of hydrogen-bond donors (Lipinski definition) is 0. The summed E-state index contributed by atoms with van der Waals surface area (Å²) in [7, 11) is 0. The predicted octanol–water partition coefficient (Wildman–Crippen LogP) is 6.43. The highest BCUT2D eigenvalue weighted by molar-refractivity contribution is 9.18. The second kappa shape index (κ2) is 14.6. The molecule has 41 heavy (non-hydrogen) atoms. The molecule has 0 N–H and O–H groups in total. The van der Waals surface area contributed by atoms with Gasteiger partial charge >= 0.3 is 12.4 Å². The molecule has 2 spiro atoms. The van der Waals surface area contributed by atoms with Gasteiger partial charge in [0.2, 0.25) is 11.8 Å². The molecule has 234 valence electrons. The Labute approximate surface area is 244 Å². The first-order chi connectivity index (χ1) is 18.1. The first kappa shape index (κ1) is 36.5. The van der Waals surface area contributed by atoms with Gasteiger partial charge in [-0.25, -0.2) is 0 Å². The Morgan fingerprint density at radius 1 is 0.805 bits per heavy atom. The van der Waals surface area contributed by atoms with E-state index in [-0.39, 0.29) is 20.5 Å². The molecule has 2 amide bonds. The third kappa shape index (κ3) is 11.0. The fraction of sp³-hybridized carbons (Fsp3) is 0.800. The highest BCUT2D eigenvalue weighted by Gasteiger charge is 2.45. The van der Waals surface area contributed by atoms with Crippen molar-refractivity contribution in [2.75, 3.05) is 26.2 Å². The van der Waals surface area contributed by atoms with Crippen molar-refractivity contribution in [2.45, 2.75) is 103 Å². The predicted molar refractivity (Wildman–Crippen MR) is 143 cm³/mol. The van der Waals surface area contributed by atoms with Crippen molar-refractivity contribution in [1.29, 1.82) is 0 Å². The molecule has 0 aromatic carbocycles. The van der Waals surface area contributed by atoms with E-state index in [0.717, 1.165) is 4.62 Å². The number of oxime groups is 2. The number of carbonyl (C=O) groups excluding carboxylic acids is 2. The zero-order valence-corrected chi connectivity index (χ0v) is 22.5. The van der Waals surface area contributed by atoms with Gasteiger partial charge < -0.3 is 24.3 Å². The van der Waals surface area contributed by atoms with Crippen molar-refractivity contribution in [3.05, 3.63) is 11.4 Å².